The molecule has 0 amide bonds. The van der Waals surface area contributed by atoms with Gasteiger partial charge in [0.1, 0.15) is 11.9 Å². The Bertz CT molecular complexity index is 1030. The summed E-state index contributed by atoms with van der Waals surface area (Å²) >= 11 is 6.08. The second kappa shape index (κ2) is 10.6. The molecule has 1 aromatic carbocycles. The van der Waals surface area contributed by atoms with Crippen LogP contribution in [0.2, 0.25) is 5.02 Å². The van der Waals surface area contributed by atoms with Gasteiger partial charge in [-0.3, -0.25) is 9.80 Å². The Kier molecular flexibility index (Phi) is 7.42. The van der Waals surface area contributed by atoms with E-state index in [4.69, 9.17) is 16.3 Å². The molecule has 5 rings (SSSR count). The minimum absolute atomic E-state index is 0.0753. The molecule has 0 radical (unpaired) electrons. The van der Waals surface area contributed by atoms with Crippen molar-refractivity contribution in [3.05, 3.63) is 59.2 Å². The summed E-state index contributed by atoms with van der Waals surface area (Å²) in [6.07, 6.45) is -0.642. The number of ether oxygens (including phenoxy) is 1. The van der Waals surface area contributed by atoms with Gasteiger partial charge in [0.2, 0.25) is 0 Å². The normalized spacial score (nSPS) is 26.1. The second-order valence-corrected chi connectivity index (χ2v) is 10.4. The highest BCUT2D eigenvalue weighted by molar-refractivity contribution is 6.30. The highest BCUT2D eigenvalue weighted by atomic mass is 35.5. The van der Waals surface area contributed by atoms with Crippen molar-refractivity contribution in [3.63, 3.8) is 0 Å². The number of halogens is 4. The van der Waals surface area contributed by atoms with E-state index in [1.165, 1.54) is 5.56 Å². The molecule has 3 fully saturated rings. The van der Waals surface area contributed by atoms with Crippen LogP contribution in [0, 0.1) is 0 Å². The molecule has 0 saturated carbocycles. The molecular formula is C26H30ClF3N4O2. The molecule has 3 aliphatic heterocycles. The third kappa shape index (κ3) is 5.79. The molecule has 0 bridgehead atoms. The Morgan fingerprint density at radius 1 is 1.03 bits per heavy atom. The fraction of sp³-hybridized carbons (Fsp3) is 0.538. The Hall–Kier alpha value is -2.36. The fourth-order valence-corrected chi connectivity index (χ4v) is 6.04. The van der Waals surface area contributed by atoms with Gasteiger partial charge in [0.25, 0.3) is 0 Å². The van der Waals surface area contributed by atoms with Gasteiger partial charge >= 0.3 is 12.1 Å². The van der Waals surface area contributed by atoms with Gasteiger partial charge in [0, 0.05) is 68.5 Å². The van der Waals surface area contributed by atoms with Crippen molar-refractivity contribution in [2.45, 2.75) is 56.1 Å². The van der Waals surface area contributed by atoms with E-state index in [2.05, 4.69) is 19.7 Å². The number of alkyl halides is 3. The molecule has 0 spiro atoms. The molecule has 10 heteroatoms. The summed E-state index contributed by atoms with van der Waals surface area (Å²) in [7, 11) is 0. The number of rotatable bonds is 5. The van der Waals surface area contributed by atoms with Crippen molar-refractivity contribution in [2.75, 3.05) is 37.6 Å². The maximum atomic E-state index is 12.8. The number of anilines is 1. The van der Waals surface area contributed by atoms with Crippen molar-refractivity contribution < 1.29 is 22.7 Å². The SMILES string of the molecule is O=C(O[C@H]1C[C@H]2CN(C3CCN(c4ccccn4)CC3)[C@@H](Cc3ccc(Cl)cc3)CN2C1)C(F)(F)F. The first-order valence-corrected chi connectivity index (χ1v) is 12.8. The van der Waals surface area contributed by atoms with E-state index >= 15 is 0 Å². The molecule has 2 aromatic rings. The van der Waals surface area contributed by atoms with Crippen molar-refractivity contribution in [1.82, 2.24) is 14.8 Å². The Morgan fingerprint density at radius 3 is 2.44 bits per heavy atom. The van der Waals surface area contributed by atoms with E-state index in [9.17, 15) is 18.0 Å². The second-order valence-electron chi connectivity index (χ2n) is 9.96. The molecule has 3 aliphatic rings. The van der Waals surface area contributed by atoms with Crippen molar-refractivity contribution >= 4 is 23.4 Å². The molecule has 0 unspecified atom stereocenters. The first-order chi connectivity index (χ1) is 17.3. The zero-order valence-corrected chi connectivity index (χ0v) is 20.7. The molecule has 0 N–H and O–H groups in total. The van der Waals surface area contributed by atoms with Crippen molar-refractivity contribution in [2.24, 2.45) is 0 Å². The summed E-state index contributed by atoms with van der Waals surface area (Å²) in [5.74, 6) is -1.10. The van der Waals surface area contributed by atoms with Gasteiger partial charge in [-0.25, -0.2) is 9.78 Å². The van der Waals surface area contributed by atoms with Crippen LogP contribution in [-0.4, -0.2) is 83.9 Å². The smallest absolute Gasteiger partial charge is 0.454 e. The standard InChI is InChI=1S/C26H30ClF3N4O2/c27-19-6-4-18(5-7-19)13-22-15-33-17-23(36-25(35)26(28,29)30)14-21(33)16-34(22)20-8-11-32(12-9-20)24-3-1-2-10-31-24/h1-7,10,20-23H,8-9,11-17H2/t21-,22-,23-/m0/s1. The molecule has 1 aromatic heterocycles. The average molecular weight is 523 g/mol. The number of pyridine rings is 1. The zero-order valence-electron chi connectivity index (χ0n) is 19.9. The van der Waals surface area contributed by atoms with E-state index < -0.39 is 18.2 Å². The minimum atomic E-state index is -4.96. The lowest BCUT2D eigenvalue weighted by atomic mass is 9.94. The van der Waals surface area contributed by atoms with Gasteiger partial charge in [-0.2, -0.15) is 13.2 Å². The third-order valence-corrected chi connectivity index (χ3v) is 7.87. The van der Waals surface area contributed by atoms with Crippen molar-refractivity contribution in [1.29, 1.82) is 0 Å². The van der Waals surface area contributed by atoms with Gasteiger partial charge in [-0.05, 0) is 49.1 Å². The molecule has 3 saturated heterocycles. The monoisotopic (exact) mass is 522 g/mol. The van der Waals surface area contributed by atoms with Gasteiger partial charge in [0.15, 0.2) is 0 Å². The summed E-state index contributed by atoms with van der Waals surface area (Å²) in [4.78, 5) is 23.0. The molecule has 4 heterocycles. The van der Waals surface area contributed by atoms with Crippen molar-refractivity contribution in [3.8, 4) is 0 Å². The maximum absolute atomic E-state index is 12.8. The highest BCUT2D eigenvalue weighted by Gasteiger charge is 2.47. The molecule has 194 valence electrons. The van der Waals surface area contributed by atoms with Crippen LogP contribution in [0.3, 0.4) is 0 Å². The van der Waals surface area contributed by atoms with E-state index in [0.29, 0.717) is 24.0 Å². The maximum Gasteiger partial charge on any atom is 0.490 e. The summed E-state index contributed by atoms with van der Waals surface area (Å²) in [6, 6.07) is 14.5. The largest absolute Gasteiger partial charge is 0.490 e. The van der Waals surface area contributed by atoms with E-state index in [1.54, 1.807) is 0 Å². The summed E-state index contributed by atoms with van der Waals surface area (Å²) in [5, 5.41) is 0.690. The van der Waals surface area contributed by atoms with Crippen LogP contribution in [0.5, 0.6) is 0 Å². The third-order valence-electron chi connectivity index (χ3n) is 7.62. The Balaban J connectivity index is 1.28. The van der Waals surface area contributed by atoms with Gasteiger partial charge in [0.05, 0.1) is 0 Å². The number of benzene rings is 1. The quantitative estimate of drug-likeness (QED) is 0.549. The van der Waals surface area contributed by atoms with E-state index in [1.807, 2.05) is 48.7 Å². The number of nitrogens with zero attached hydrogens (tertiary/aromatic N) is 4. The van der Waals surface area contributed by atoms with Crippen LogP contribution in [0.25, 0.3) is 0 Å². The van der Waals surface area contributed by atoms with E-state index in [-0.39, 0.29) is 12.1 Å². The van der Waals surface area contributed by atoms with E-state index in [0.717, 1.165) is 51.3 Å². The molecular weight excluding hydrogens is 493 g/mol. The van der Waals surface area contributed by atoms with Crippen LogP contribution < -0.4 is 4.90 Å². The molecule has 6 nitrogen and oxygen atoms in total. The highest BCUT2D eigenvalue weighted by Crippen LogP contribution is 2.33. The Labute approximate surface area is 214 Å². The number of hydrogen-bond donors (Lipinski definition) is 0. The Morgan fingerprint density at radius 2 is 1.78 bits per heavy atom. The molecule has 0 aliphatic carbocycles. The average Bonchev–Trinajstić information content (AvgIpc) is 3.26. The number of piperidine rings is 1. The molecule has 36 heavy (non-hydrogen) atoms. The minimum Gasteiger partial charge on any atom is -0.454 e. The number of esters is 1. The number of carbonyl (C=O) groups is 1. The first kappa shape index (κ1) is 25.3. The number of aromatic nitrogens is 1. The topological polar surface area (TPSA) is 48.9 Å². The van der Waals surface area contributed by atoms with Crippen LogP contribution in [-0.2, 0) is 16.0 Å². The number of carbonyl (C=O) groups excluding carboxylic acids is 1. The van der Waals surface area contributed by atoms with Gasteiger partial charge < -0.3 is 9.64 Å². The predicted octanol–water partition coefficient (Wildman–Crippen LogP) is 4.18. The number of piperazine rings is 1. The van der Waals surface area contributed by atoms with Crippen LogP contribution in [0.4, 0.5) is 19.0 Å². The summed E-state index contributed by atoms with van der Waals surface area (Å²) in [6.45, 7) is 3.65. The lowest BCUT2D eigenvalue weighted by Crippen LogP contribution is -2.61. The fourth-order valence-electron chi connectivity index (χ4n) is 5.91. The molecule has 3 atom stereocenters. The number of fused-ring (bicyclic) bond motifs is 1. The summed E-state index contributed by atoms with van der Waals surface area (Å²) in [5.41, 5.74) is 1.18. The summed E-state index contributed by atoms with van der Waals surface area (Å²) < 4.78 is 43.1. The van der Waals surface area contributed by atoms with Crippen LogP contribution >= 0.6 is 11.6 Å². The number of hydrogen-bond acceptors (Lipinski definition) is 6. The first-order valence-electron chi connectivity index (χ1n) is 12.4. The lowest BCUT2D eigenvalue weighted by molar-refractivity contribution is -0.204. The lowest BCUT2D eigenvalue weighted by Gasteiger charge is -2.49. The predicted molar refractivity (Wildman–Crippen MR) is 131 cm³/mol. The van der Waals surface area contributed by atoms with Crippen LogP contribution in [0.15, 0.2) is 48.7 Å². The van der Waals surface area contributed by atoms with Crippen LogP contribution in [0.1, 0.15) is 24.8 Å². The van der Waals surface area contributed by atoms with Gasteiger partial charge in [-0.1, -0.05) is 29.8 Å². The van der Waals surface area contributed by atoms with Gasteiger partial charge in [-0.15, -0.1) is 0 Å². The zero-order chi connectivity index (χ0) is 25.3.